The summed E-state index contributed by atoms with van der Waals surface area (Å²) >= 11 is 0. The Morgan fingerprint density at radius 3 is 2.43 bits per heavy atom. The van der Waals surface area contributed by atoms with E-state index in [9.17, 15) is 13.2 Å². The number of nitrogens with one attached hydrogen (secondary N) is 1. The molecule has 0 aliphatic carbocycles. The maximum atomic E-state index is 13.1. The van der Waals surface area contributed by atoms with Crippen molar-refractivity contribution in [2.24, 2.45) is 0 Å². The smallest absolute Gasteiger partial charge is 0.243 e. The first-order chi connectivity index (χ1) is 14.2. The Kier molecular flexibility index (Phi) is 8.20. The molecule has 0 heterocycles. The summed E-state index contributed by atoms with van der Waals surface area (Å²) < 4.78 is 32.6. The lowest BCUT2D eigenvalue weighted by Crippen LogP contribution is -2.38. The van der Waals surface area contributed by atoms with Crippen LogP contribution in [0, 0.1) is 6.92 Å². The molecule has 0 fully saturated rings. The SMILES string of the molecule is C=CCN(CC(=O)Nc1c(C)cccc1C(C)C)S(=O)(=O)c1ccc(OCC)cc1. The van der Waals surface area contributed by atoms with E-state index in [0.717, 1.165) is 21.1 Å². The van der Waals surface area contributed by atoms with Gasteiger partial charge in [0.1, 0.15) is 5.75 Å². The zero-order valence-corrected chi connectivity index (χ0v) is 18.8. The van der Waals surface area contributed by atoms with E-state index < -0.39 is 15.9 Å². The molecule has 0 radical (unpaired) electrons. The number of hydrogen-bond donors (Lipinski definition) is 1. The molecule has 162 valence electrons. The van der Waals surface area contributed by atoms with Crippen molar-refractivity contribution < 1.29 is 17.9 Å². The van der Waals surface area contributed by atoms with E-state index in [1.165, 1.54) is 18.2 Å². The molecule has 1 amide bonds. The summed E-state index contributed by atoms with van der Waals surface area (Å²) in [6.45, 7) is 11.7. The van der Waals surface area contributed by atoms with Crippen molar-refractivity contribution in [3.05, 3.63) is 66.2 Å². The second kappa shape index (κ2) is 10.4. The average molecular weight is 431 g/mol. The molecule has 0 aromatic heterocycles. The second-order valence-electron chi connectivity index (χ2n) is 7.23. The van der Waals surface area contributed by atoms with Crippen LogP contribution < -0.4 is 10.1 Å². The summed E-state index contributed by atoms with van der Waals surface area (Å²) in [5.74, 6) is 0.407. The minimum atomic E-state index is -3.87. The number of anilines is 1. The Hall–Kier alpha value is -2.64. The van der Waals surface area contributed by atoms with Crippen LogP contribution in [0.4, 0.5) is 5.69 Å². The zero-order chi connectivity index (χ0) is 22.3. The van der Waals surface area contributed by atoms with Crippen LogP contribution in [0.5, 0.6) is 5.75 Å². The van der Waals surface area contributed by atoms with Gasteiger partial charge in [-0.25, -0.2) is 8.42 Å². The first-order valence-electron chi connectivity index (χ1n) is 9.94. The molecule has 1 N–H and O–H groups in total. The number of amides is 1. The highest BCUT2D eigenvalue weighted by Crippen LogP contribution is 2.27. The van der Waals surface area contributed by atoms with Crippen LogP contribution in [0.3, 0.4) is 0 Å². The summed E-state index contributed by atoms with van der Waals surface area (Å²) in [5, 5.41) is 2.90. The minimum absolute atomic E-state index is 0.0216. The monoisotopic (exact) mass is 430 g/mol. The summed E-state index contributed by atoms with van der Waals surface area (Å²) in [7, 11) is -3.87. The predicted octanol–water partition coefficient (Wildman–Crippen LogP) is 4.33. The highest BCUT2D eigenvalue weighted by Gasteiger charge is 2.26. The predicted molar refractivity (Wildman–Crippen MR) is 120 cm³/mol. The Morgan fingerprint density at radius 2 is 1.87 bits per heavy atom. The minimum Gasteiger partial charge on any atom is -0.494 e. The van der Waals surface area contributed by atoms with Gasteiger partial charge in [0, 0.05) is 12.2 Å². The zero-order valence-electron chi connectivity index (χ0n) is 18.0. The maximum Gasteiger partial charge on any atom is 0.243 e. The molecule has 0 atom stereocenters. The van der Waals surface area contributed by atoms with Gasteiger partial charge in [-0.05, 0) is 55.2 Å². The molecular formula is C23H30N2O4S. The van der Waals surface area contributed by atoms with Gasteiger partial charge < -0.3 is 10.1 Å². The Bertz CT molecular complexity index is 983. The Labute approximate surface area is 179 Å². The number of rotatable bonds is 10. The summed E-state index contributed by atoms with van der Waals surface area (Å²) in [4.78, 5) is 12.9. The first kappa shape index (κ1) is 23.6. The fourth-order valence-electron chi connectivity index (χ4n) is 3.10. The summed E-state index contributed by atoms with van der Waals surface area (Å²) in [6.07, 6.45) is 1.46. The third kappa shape index (κ3) is 5.70. The maximum absolute atomic E-state index is 13.1. The summed E-state index contributed by atoms with van der Waals surface area (Å²) in [5.41, 5.74) is 2.67. The average Bonchev–Trinajstić information content (AvgIpc) is 2.69. The lowest BCUT2D eigenvalue weighted by molar-refractivity contribution is -0.116. The van der Waals surface area contributed by atoms with E-state index in [1.54, 1.807) is 12.1 Å². The topological polar surface area (TPSA) is 75.7 Å². The Morgan fingerprint density at radius 1 is 1.20 bits per heavy atom. The molecule has 0 unspecified atom stereocenters. The van der Waals surface area contributed by atoms with Crippen LogP contribution in [0.1, 0.15) is 37.8 Å². The van der Waals surface area contributed by atoms with E-state index in [2.05, 4.69) is 11.9 Å². The van der Waals surface area contributed by atoms with E-state index in [4.69, 9.17) is 4.74 Å². The number of aryl methyl sites for hydroxylation is 1. The molecule has 2 aromatic carbocycles. The number of para-hydroxylation sites is 1. The largest absolute Gasteiger partial charge is 0.494 e. The number of sulfonamides is 1. The molecule has 2 aromatic rings. The molecule has 0 saturated heterocycles. The van der Waals surface area contributed by atoms with Crippen LogP contribution in [-0.2, 0) is 14.8 Å². The van der Waals surface area contributed by atoms with Gasteiger partial charge in [-0.1, -0.05) is 38.1 Å². The van der Waals surface area contributed by atoms with Crippen molar-refractivity contribution in [1.29, 1.82) is 0 Å². The highest BCUT2D eigenvalue weighted by molar-refractivity contribution is 7.89. The van der Waals surface area contributed by atoms with E-state index in [1.807, 2.05) is 45.9 Å². The molecule has 0 aliphatic heterocycles. The van der Waals surface area contributed by atoms with Crippen LogP contribution in [0.2, 0.25) is 0 Å². The number of nitrogens with zero attached hydrogens (tertiary/aromatic N) is 1. The number of carbonyl (C=O) groups excluding carboxylic acids is 1. The molecule has 30 heavy (non-hydrogen) atoms. The fourth-order valence-corrected chi connectivity index (χ4v) is 4.46. The van der Waals surface area contributed by atoms with Gasteiger partial charge in [0.15, 0.2) is 0 Å². The number of benzene rings is 2. The van der Waals surface area contributed by atoms with Crippen molar-refractivity contribution in [3.8, 4) is 5.75 Å². The number of carbonyl (C=O) groups is 1. The lowest BCUT2D eigenvalue weighted by atomic mass is 9.98. The van der Waals surface area contributed by atoms with Gasteiger partial charge >= 0.3 is 0 Å². The normalized spacial score (nSPS) is 11.5. The van der Waals surface area contributed by atoms with Crippen molar-refractivity contribution in [1.82, 2.24) is 4.31 Å². The number of ether oxygens (including phenoxy) is 1. The van der Waals surface area contributed by atoms with Gasteiger partial charge in [0.05, 0.1) is 18.0 Å². The van der Waals surface area contributed by atoms with Gasteiger partial charge in [0.25, 0.3) is 0 Å². The third-order valence-corrected chi connectivity index (χ3v) is 6.44. The molecular weight excluding hydrogens is 400 g/mol. The summed E-state index contributed by atoms with van der Waals surface area (Å²) in [6, 6.07) is 12.0. The molecule has 0 saturated carbocycles. The van der Waals surface area contributed by atoms with Crippen LogP contribution in [0.15, 0.2) is 60.0 Å². The van der Waals surface area contributed by atoms with Crippen LogP contribution in [0.25, 0.3) is 0 Å². The number of hydrogen-bond acceptors (Lipinski definition) is 4. The van der Waals surface area contributed by atoms with Gasteiger partial charge in [0.2, 0.25) is 15.9 Å². The van der Waals surface area contributed by atoms with Gasteiger partial charge in [-0.3, -0.25) is 4.79 Å². The quantitative estimate of drug-likeness (QED) is 0.569. The lowest BCUT2D eigenvalue weighted by Gasteiger charge is -2.22. The first-order valence-corrected chi connectivity index (χ1v) is 11.4. The van der Waals surface area contributed by atoms with Crippen molar-refractivity contribution in [2.45, 2.75) is 38.5 Å². The molecule has 0 aliphatic rings. The van der Waals surface area contributed by atoms with E-state index >= 15 is 0 Å². The van der Waals surface area contributed by atoms with E-state index in [0.29, 0.717) is 12.4 Å². The molecule has 0 spiro atoms. The molecule has 6 nitrogen and oxygen atoms in total. The second-order valence-corrected chi connectivity index (χ2v) is 9.17. The third-order valence-electron chi connectivity index (χ3n) is 4.62. The van der Waals surface area contributed by atoms with E-state index in [-0.39, 0.29) is 23.9 Å². The van der Waals surface area contributed by atoms with Crippen molar-refractivity contribution in [2.75, 3.05) is 25.0 Å². The van der Waals surface area contributed by atoms with Crippen molar-refractivity contribution >= 4 is 21.6 Å². The van der Waals surface area contributed by atoms with Crippen LogP contribution >= 0.6 is 0 Å². The van der Waals surface area contributed by atoms with Gasteiger partial charge in [-0.2, -0.15) is 4.31 Å². The van der Waals surface area contributed by atoms with Crippen molar-refractivity contribution in [3.63, 3.8) is 0 Å². The van der Waals surface area contributed by atoms with Crippen LogP contribution in [-0.4, -0.2) is 38.3 Å². The molecule has 7 heteroatoms. The molecule has 2 rings (SSSR count). The molecule has 0 bridgehead atoms. The highest BCUT2D eigenvalue weighted by atomic mass is 32.2. The fraction of sp³-hybridized carbons (Fsp3) is 0.348. The Balaban J connectivity index is 2.24. The standard InChI is InChI=1S/C23H30N2O4S/c1-6-15-25(30(27,28)20-13-11-19(12-14-20)29-7-2)16-22(26)24-23-18(5)9-8-10-21(23)17(3)4/h6,8-14,17H,1,7,15-16H2,2-5H3,(H,24,26). The van der Waals surface area contributed by atoms with Gasteiger partial charge in [-0.15, -0.1) is 6.58 Å².